The van der Waals surface area contributed by atoms with Crippen molar-refractivity contribution < 1.29 is 29.0 Å². The molecule has 0 saturated carbocycles. The van der Waals surface area contributed by atoms with Crippen molar-refractivity contribution in [2.75, 3.05) is 20.1 Å². The van der Waals surface area contributed by atoms with E-state index in [-0.39, 0.29) is 25.5 Å². The fourth-order valence-corrected chi connectivity index (χ4v) is 3.09. The number of nitrogens with zero attached hydrogens (tertiary/aromatic N) is 2. The molecule has 2 heterocycles. The Morgan fingerprint density at radius 3 is 2.52 bits per heavy atom. The Hall–Kier alpha value is -2.78. The van der Waals surface area contributed by atoms with Crippen molar-refractivity contribution in [1.82, 2.24) is 20.4 Å². The number of carboxylic acids is 1. The van der Waals surface area contributed by atoms with Gasteiger partial charge in [-0.1, -0.05) is 6.08 Å². The molecule has 0 aromatic carbocycles. The molecule has 150 valence electrons. The van der Waals surface area contributed by atoms with Crippen molar-refractivity contribution in [3.63, 3.8) is 0 Å². The molecule has 2 aliphatic heterocycles. The van der Waals surface area contributed by atoms with E-state index in [2.05, 4.69) is 10.6 Å². The summed E-state index contributed by atoms with van der Waals surface area (Å²) in [6.45, 7) is 5.25. The van der Waals surface area contributed by atoms with Crippen LogP contribution in [0.2, 0.25) is 0 Å². The lowest BCUT2D eigenvalue weighted by Gasteiger charge is -2.36. The SMILES string of the molecule is CNC(=O)N1CCC2=CC[C@@H](C(=O)O)N2C(=O)[C@@H](NC(=O)OC(C)(C)C)C1. The van der Waals surface area contributed by atoms with Crippen LogP contribution in [0, 0.1) is 0 Å². The number of carboxylic acid groups (broad SMARTS) is 1. The highest BCUT2D eigenvalue weighted by Crippen LogP contribution is 2.28. The first kappa shape index (κ1) is 20.5. The van der Waals surface area contributed by atoms with E-state index in [1.807, 2.05) is 0 Å². The molecule has 0 bridgehead atoms. The van der Waals surface area contributed by atoms with E-state index in [0.717, 1.165) is 0 Å². The molecule has 0 aromatic rings. The summed E-state index contributed by atoms with van der Waals surface area (Å²) in [6, 6.07) is -2.52. The predicted molar refractivity (Wildman–Crippen MR) is 94.8 cm³/mol. The molecule has 3 N–H and O–H groups in total. The highest BCUT2D eigenvalue weighted by atomic mass is 16.6. The minimum Gasteiger partial charge on any atom is -0.480 e. The van der Waals surface area contributed by atoms with Crippen molar-refractivity contribution in [3.8, 4) is 0 Å². The second kappa shape index (κ2) is 7.85. The zero-order chi connectivity index (χ0) is 20.4. The number of urea groups is 1. The van der Waals surface area contributed by atoms with Crippen molar-refractivity contribution >= 4 is 24.0 Å². The lowest BCUT2D eigenvalue weighted by Crippen LogP contribution is -2.59. The molecule has 10 nitrogen and oxygen atoms in total. The molecular weight excluding hydrogens is 356 g/mol. The molecule has 2 atom stereocenters. The van der Waals surface area contributed by atoms with Gasteiger partial charge in [-0.3, -0.25) is 9.69 Å². The first-order valence-corrected chi connectivity index (χ1v) is 8.74. The Balaban J connectivity index is 2.28. The minimum atomic E-state index is -1.12. The summed E-state index contributed by atoms with van der Waals surface area (Å²) >= 11 is 0. The van der Waals surface area contributed by atoms with E-state index in [1.54, 1.807) is 26.8 Å². The van der Waals surface area contributed by atoms with Gasteiger partial charge >= 0.3 is 18.1 Å². The highest BCUT2D eigenvalue weighted by molar-refractivity contribution is 5.92. The number of nitrogens with one attached hydrogen (secondary N) is 2. The van der Waals surface area contributed by atoms with Crippen LogP contribution in [0.4, 0.5) is 9.59 Å². The molecule has 4 amide bonds. The van der Waals surface area contributed by atoms with E-state index in [1.165, 1.54) is 16.8 Å². The number of hydrogen-bond donors (Lipinski definition) is 3. The fraction of sp³-hybridized carbons (Fsp3) is 0.647. The Morgan fingerprint density at radius 2 is 1.96 bits per heavy atom. The van der Waals surface area contributed by atoms with Gasteiger partial charge in [-0.25, -0.2) is 14.4 Å². The van der Waals surface area contributed by atoms with Crippen LogP contribution in [0.1, 0.15) is 33.6 Å². The zero-order valence-electron chi connectivity index (χ0n) is 15.9. The third-order valence-corrected chi connectivity index (χ3v) is 4.25. The topological polar surface area (TPSA) is 128 Å². The lowest BCUT2D eigenvalue weighted by atomic mass is 10.1. The van der Waals surface area contributed by atoms with Gasteiger partial charge in [0.1, 0.15) is 17.7 Å². The zero-order valence-corrected chi connectivity index (χ0v) is 15.9. The van der Waals surface area contributed by atoms with Gasteiger partial charge in [0.15, 0.2) is 0 Å². The van der Waals surface area contributed by atoms with Crippen molar-refractivity contribution in [2.24, 2.45) is 0 Å². The van der Waals surface area contributed by atoms with Crippen LogP contribution in [0.15, 0.2) is 11.8 Å². The van der Waals surface area contributed by atoms with Gasteiger partial charge in [-0.15, -0.1) is 0 Å². The van der Waals surface area contributed by atoms with Gasteiger partial charge in [0.2, 0.25) is 0 Å². The number of ether oxygens (including phenoxy) is 1. The average molecular weight is 382 g/mol. The van der Waals surface area contributed by atoms with Crippen molar-refractivity contribution in [2.45, 2.75) is 51.3 Å². The van der Waals surface area contributed by atoms with Crippen LogP contribution in [0.5, 0.6) is 0 Å². The molecular formula is C17H26N4O6. The molecule has 0 aliphatic carbocycles. The summed E-state index contributed by atoms with van der Waals surface area (Å²) in [6.07, 6.45) is 1.42. The van der Waals surface area contributed by atoms with Crippen LogP contribution in [0.3, 0.4) is 0 Å². The van der Waals surface area contributed by atoms with Gasteiger partial charge < -0.3 is 25.4 Å². The van der Waals surface area contributed by atoms with E-state index >= 15 is 0 Å². The van der Waals surface area contributed by atoms with Crippen molar-refractivity contribution in [1.29, 1.82) is 0 Å². The van der Waals surface area contributed by atoms with E-state index in [9.17, 15) is 24.3 Å². The van der Waals surface area contributed by atoms with Gasteiger partial charge in [-0.05, 0) is 27.2 Å². The molecule has 1 saturated heterocycles. The van der Waals surface area contributed by atoms with Gasteiger partial charge in [0.25, 0.3) is 5.91 Å². The van der Waals surface area contributed by atoms with Gasteiger partial charge in [0.05, 0.1) is 6.54 Å². The molecule has 0 spiro atoms. The third kappa shape index (κ3) is 4.89. The predicted octanol–water partition coefficient (Wildman–Crippen LogP) is 0.494. The Kier molecular flexibility index (Phi) is 5.97. The maximum atomic E-state index is 13.0. The second-order valence-corrected chi connectivity index (χ2v) is 7.44. The lowest BCUT2D eigenvalue weighted by molar-refractivity contribution is -0.148. The summed E-state index contributed by atoms with van der Waals surface area (Å²) in [4.78, 5) is 51.5. The number of rotatable bonds is 2. The fourth-order valence-electron chi connectivity index (χ4n) is 3.09. The minimum absolute atomic E-state index is 0.0894. The van der Waals surface area contributed by atoms with Crippen LogP contribution >= 0.6 is 0 Å². The quantitative estimate of drug-likeness (QED) is 0.638. The molecule has 27 heavy (non-hydrogen) atoms. The summed E-state index contributed by atoms with van der Waals surface area (Å²) in [5.74, 6) is -1.69. The third-order valence-electron chi connectivity index (χ3n) is 4.25. The Bertz CT molecular complexity index is 669. The first-order valence-electron chi connectivity index (χ1n) is 8.74. The monoisotopic (exact) mass is 382 g/mol. The second-order valence-electron chi connectivity index (χ2n) is 7.44. The summed E-state index contributed by atoms with van der Waals surface area (Å²) in [7, 11) is 1.47. The van der Waals surface area contributed by atoms with E-state index < -0.39 is 35.7 Å². The molecule has 1 fully saturated rings. The molecule has 10 heteroatoms. The smallest absolute Gasteiger partial charge is 0.408 e. The Morgan fingerprint density at radius 1 is 1.30 bits per heavy atom. The van der Waals surface area contributed by atoms with Gasteiger partial charge in [-0.2, -0.15) is 0 Å². The van der Waals surface area contributed by atoms with Crippen LogP contribution in [-0.4, -0.2) is 76.7 Å². The number of fused-ring (bicyclic) bond motifs is 1. The van der Waals surface area contributed by atoms with Crippen LogP contribution in [-0.2, 0) is 14.3 Å². The van der Waals surface area contributed by atoms with Crippen molar-refractivity contribution in [3.05, 3.63) is 11.8 Å². The molecule has 0 radical (unpaired) electrons. The number of aliphatic carboxylic acids is 1. The number of hydrogen-bond acceptors (Lipinski definition) is 5. The summed E-state index contributed by atoms with van der Waals surface area (Å²) in [5, 5.41) is 14.4. The van der Waals surface area contributed by atoms with Gasteiger partial charge in [0, 0.05) is 25.7 Å². The standard InChI is InChI=1S/C17H26N4O6/c1-17(2,3)27-16(26)19-11-9-20(15(25)18-4)8-7-10-5-6-12(14(23)24)21(10)13(11)22/h5,11-12H,6-9H2,1-4H3,(H,18,25)(H,19,26)(H,23,24)/t11-,12-/m0/s1. The molecule has 0 aromatic heterocycles. The van der Waals surface area contributed by atoms with E-state index in [0.29, 0.717) is 12.1 Å². The van der Waals surface area contributed by atoms with E-state index in [4.69, 9.17) is 4.74 Å². The highest BCUT2D eigenvalue weighted by Gasteiger charge is 2.42. The maximum Gasteiger partial charge on any atom is 0.408 e. The summed E-state index contributed by atoms with van der Waals surface area (Å²) < 4.78 is 5.20. The molecule has 2 aliphatic rings. The largest absolute Gasteiger partial charge is 0.480 e. The molecule has 2 rings (SSSR count). The number of alkyl carbamates (subject to hydrolysis) is 1. The number of carbonyl (C=O) groups is 4. The average Bonchev–Trinajstić information content (AvgIpc) is 2.96. The van der Waals surface area contributed by atoms with Crippen LogP contribution in [0.25, 0.3) is 0 Å². The first-order chi connectivity index (χ1) is 12.5. The summed E-state index contributed by atoms with van der Waals surface area (Å²) in [5.41, 5.74) is -0.227. The number of amides is 4. The number of carbonyl (C=O) groups excluding carboxylic acids is 3. The normalized spacial score (nSPS) is 23.0. The Labute approximate surface area is 157 Å². The maximum absolute atomic E-state index is 13.0. The molecule has 0 unspecified atom stereocenters. The van der Waals surface area contributed by atoms with Crippen LogP contribution < -0.4 is 10.6 Å².